The van der Waals surface area contributed by atoms with Crippen molar-refractivity contribution in [3.63, 3.8) is 0 Å². The summed E-state index contributed by atoms with van der Waals surface area (Å²) in [5, 5.41) is 0. The first-order chi connectivity index (χ1) is 1.00. The minimum Gasteiger partial charge on any atom is 0 e. The van der Waals surface area contributed by atoms with Gasteiger partial charge in [-0.3, -0.25) is 0 Å². The molecule has 5 heavy (non-hydrogen) atoms. The molecule has 0 fully saturated rings. The average molecular weight is 653 g/mol. The number of rotatable bonds is 0. The molecule has 0 aliphatic carbocycles. The molecular weight excluding hydrogens is 653 g/mol. The van der Waals surface area contributed by atoms with Crippen molar-refractivity contribution in [1.82, 2.24) is 0 Å². The zero-order valence-electron chi connectivity index (χ0n) is 2.12. The van der Waals surface area contributed by atoms with Gasteiger partial charge in [-0.2, -0.15) is 0 Å². The average Bonchev–Trinajstić information content (AvgIpc) is 1.00. The van der Waals surface area contributed by atoms with Crippen molar-refractivity contribution in [1.29, 1.82) is 0 Å². The van der Waals surface area contributed by atoms with Gasteiger partial charge in [-0.25, -0.2) is 0 Å². The third-order valence-corrected chi connectivity index (χ3v) is 0. The Kier molecular flexibility index (Phi) is 129. The fourth-order valence-corrected chi connectivity index (χ4v) is 0. The Labute approximate surface area is 90.7 Å². The van der Waals surface area contributed by atoms with E-state index in [1.165, 1.54) is 0 Å². The smallest absolute Gasteiger partial charge is 0 e. The van der Waals surface area contributed by atoms with Crippen LogP contribution in [0.4, 0.5) is 0 Å². The third-order valence-electron chi connectivity index (χ3n) is 0. The van der Waals surface area contributed by atoms with Crippen LogP contribution < -0.4 is 0 Å². The van der Waals surface area contributed by atoms with Crippen LogP contribution in [0.1, 0.15) is 0 Å². The van der Waals surface area contributed by atoms with Crippen molar-refractivity contribution in [2.45, 2.75) is 0 Å². The first kappa shape index (κ1) is 24.0. The summed E-state index contributed by atoms with van der Waals surface area (Å²) >= 11 is 4.50. The van der Waals surface area contributed by atoms with Gasteiger partial charge in [0.1, 0.15) is 0 Å². The number of hydrogen-bond acceptors (Lipinski definition) is 0. The van der Waals surface area contributed by atoms with Gasteiger partial charge >= 0.3 is 29.3 Å². The Balaban J connectivity index is -0.00000000167. The molecule has 0 radical (unpaired) electrons. The largest absolute Gasteiger partial charge is 0 e. The van der Waals surface area contributed by atoms with Crippen molar-refractivity contribution in [3.8, 4) is 0 Å². The van der Waals surface area contributed by atoms with Crippen LogP contribution in [0.2, 0.25) is 0 Å². The van der Waals surface area contributed by atoms with Gasteiger partial charge in [0.15, 0.2) is 0 Å². The summed E-state index contributed by atoms with van der Waals surface area (Å²) in [5.74, 6) is 0. The van der Waals surface area contributed by atoms with Gasteiger partial charge in [0.2, 0.25) is 0 Å². The van der Waals surface area contributed by atoms with Gasteiger partial charge in [-0.05, 0) is 0 Å². The molecule has 0 aliphatic rings. The zero-order valence-corrected chi connectivity index (χ0v) is 13.7. The molecular formula is V2W3. The molecule has 5 heteroatoms. The molecule has 0 aromatic rings. The fraction of sp³-hybridized carbons (Fsp3) is 0. The van der Waals surface area contributed by atoms with Gasteiger partial charge in [-0.15, -0.1) is 0 Å². The van der Waals surface area contributed by atoms with Crippen LogP contribution in [0.5, 0.6) is 0 Å². The van der Waals surface area contributed by atoms with Gasteiger partial charge in [0.05, 0.1) is 0 Å². The monoisotopic (exact) mass is 654 g/mol. The van der Waals surface area contributed by atoms with Crippen LogP contribution in [0.25, 0.3) is 0 Å². The molecule has 0 atom stereocenters. The van der Waals surface area contributed by atoms with Crippen LogP contribution in [-0.2, 0) is 92.5 Å². The molecule has 28 valence electrons. The van der Waals surface area contributed by atoms with E-state index in [4.69, 9.17) is 0 Å². The van der Waals surface area contributed by atoms with Gasteiger partial charge < -0.3 is 0 Å². The first-order valence-electron chi connectivity index (χ1n) is 0.200. The second-order valence-corrected chi connectivity index (χ2v) is 0. The maximum atomic E-state index is 2.25. The van der Waals surface area contributed by atoms with Gasteiger partial charge in [0.25, 0.3) is 0 Å². The quantitative estimate of drug-likeness (QED) is 0.346. The van der Waals surface area contributed by atoms with E-state index in [0.29, 0.717) is 0 Å². The van der Waals surface area contributed by atoms with Gasteiger partial charge in [0, 0.05) is 63.2 Å². The van der Waals surface area contributed by atoms with E-state index >= 15 is 0 Å². The van der Waals surface area contributed by atoms with Crippen LogP contribution in [0, 0.1) is 0 Å². The predicted octanol–water partition coefficient (Wildman–Crippen LogP) is -0.0125. The van der Waals surface area contributed by atoms with Crippen molar-refractivity contribution in [3.05, 3.63) is 0 Å². The van der Waals surface area contributed by atoms with E-state index in [-0.39, 0.29) is 63.2 Å². The van der Waals surface area contributed by atoms with Crippen molar-refractivity contribution in [2.24, 2.45) is 0 Å². The maximum Gasteiger partial charge on any atom is 0 e. The van der Waals surface area contributed by atoms with Crippen LogP contribution in [0.15, 0.2) is 0 Å². The molecule has 0 unspecified atom stereocenters. The summed E-state index contributed by atoms with van der Waals surface area (Å²) in [6.07, 6.45) is 0. The van der Waals surface area contributed by atoms with E-state index in [1.807, 2.05) is 0 Å². The second-order valence-electron chi connectivity index (χ2n) is 0. The Morgan fingerprint density at radius 2 is 0.600 bits per heavy atom. The Morgan fingerprint density at radius 1 is 0.600 bits per heavy atom. The molecule has 0 aromatic carbocycles. The van der Waals surface area contributed by atoms with Gasteiger partial charge in [-0.1, -0.05) is 0 Å². The van der Waals surface area contributed by atoms with Crippen molar-refractivity contribution < 1.29 is 92.5 Å². The zero-order chi connectivity index (χ0) is 2.00. The number of hydrogen-bond donors (Lipinski definition) is 0. The molecule has 0 aliphatic heterocycles. The normalized spacial score (nSPS) is 0.400. The molecule has 0 heterocycles. The molecule has 0 saturated carbocycles. The first-order valence-corrected chi connectivity index (χ1v) is 3.40. The fourth-order valence-electron chi connectivity index (χ4n) is 0. The Morgan fingerprint density at radius 3 is 0.600 bits per heavy atom. The maximum absolute atomic E-state index is 2.25. The van der Waals surface area contributed by atoms with E-state index in [2.05, 4.69) is 29.3 Å². The molecule has 0 saturated heterocycles. The molecule has 0 rings (SSSR count). The summed E-state index contributed by atoms with van der Waals surface area (Å²) in [5.41, 5.74) is 0. The Bertz CT molecular complexity index is 4.85. The molecule has 0 N–H and O–H groups in total. The van der Waals surface area contributed by atoms with E-state index < -0.39 is 0 Å². The van der Waals surface area contributed by atoms with Crippen molar-refractivity contribution >= 4 is 0 Å². The molecule has 0 amide bonds. The second kappa shape index (κ2) is 26.9. The summed E-state index contributed by atoms with van der Waals surface area (Å²) < 4.78 is 0. The SMILES string of the molecule is [V]=[V].[W].[W].[W]. The predicted molar refractivity (Wildman–Crippen MR) is 0 cm³/mol. The van der Waals surface area contributed by atoms with Crippen LogP contribution >= 0.6 is 0 Å². The Hall–Kier alpha value is 3.23. The summed E-state index contributed by atoms with van der Waals surface area (Å²) in [7, 11) is 0. The van der Waals surface area contributed by atoms with Crippen LogP contribution in [0.3, 0.4) is 0 Å². The molecule has 0 bridgehead atoms. The summed E-state index contributed by atoms with van der Waals surface area (Å²) in [6.45, 7) is 0. The van der Waals surface area contributed by atoms with E-state index in [9.17, 15) is 0 Å². The summed E-state index contributed by atoms with van der Waals surface area (Å²) in [4.78, 5) is 0. The molecule has 0 aromatic heterocycles. The standard InChI is InChI=1S/2V.3W. The third kappa shape index (κ3) is 18.9. The van der Waals surface area contributed by atoms with E-state index in [0.717, 1.165) is 0 Å². The van der Waals surface area contributed by atoms with Crippen LogP contribution in [-0.4, -0.2) is 0 Å². The molecule has 0 spiro atoms. The van der Waals surface area contributed by atoms with E-state index in [1.54, 1.807) is 0 Å². The summed E-state index contributed by atoms with van der Waals surface area (Å²) in [6, 6.07) is 0. The molecule has 0 nitrogen and oxygen atoms in total. The minimum atomic E-state index is 0. The topological polar surface area (TPSA) is 0 Å². The minimum absolute atomic E-state index is 0. The van der Waals surface area contributed by atoms with Crippen molar-refractivity contribution in [2.75, 3.05) is 0 Å².